The smallest absolute Gasteiger partial charge is 0.138 e. The van der Waals surface area contributed by atoms with Gasteiger partial charge < -0.3 is 9.84 Å². The van der Waals surface area contributed by atoms with Crippen LogP contribution in [-0.2, 0) is 6.61 Å². The van der Waals surface area contributed by atoms with Crippen LogP contribution < -0.4 is 4.74 Å². The number of ether oxygens (including phenoxy) is 1. The Kier molecular flexibility index (Phi) is 5.68. The lowest BCUT2D eigenvalue weighted by Crippen LogP contribution is -1.98. The first-order valence-electron chi connectivity index (χ1n) is 6.77. The molecule has 2 rings (SSSR count). The summed E-state index contributed by atoms with van der Waals surface area (Å²) in [5, 5.41) is 9.39. The molecule has 2 aromatic carbocycles. The topological polar surface area (TPSA) is 29.5 Å². The maximum Gasteiger partial charge on any atom is 0.138 e. The van der Waals surface area contributed by atoms with Crippen molar-refractivity contribution < 1.29 is 9.84 Å². The average molecular weight is 301 g/mol. The summed E-state index contributed by atoms with van der Waals surface area (Å²) in [6, 6.07) is 13.5. The number of hydrogen-bond donors (Lipinski definition) is 1. The Balaban J connectivity index is 2.11. The molecule has 0 aliphatic heterocycles. The second kappa shape index (κ2) is 7.73. The van der Waals surface area contributed by atoms with Gasteiger partial charge in [0.1, 0.15) is 12.4 Å². The summed E-state index contributed by atoms with van der Waals surface area (Å²) in [5.74, 6) is 6.65. The number of benzene rings is 2. The summed E-state index contributed by atoms with van der Waals surface area (Å²) < 4.78 is 5.78. The molecule has 0 heterocycles. The molecule has 0 amide bonds. The normalized spacial score (nSPS) is 9.86. The fourth-order valence-electron chi connectivity index (χ4n) is 1.86. The third kappa shape index (κ3) is 4.53. The standard InChI is InChI=1S/C18H17ClO2/c1-14-9-10-18(17(19)12-14)21-13-16-8-3-2-6-15(16)7-4-5-11-20/h2-3,6,8-10,12,20H,5,11,13H2,1H3. The highest BCUT2D eigenvalue weighted by Crippen LogP contribution is 2.26. The quantitative estimate of drug-likeness (QED) is 0.866. The highest BCUT2D eigenvalue weighted by molar-refractivity contribution is 6.32. The van der Waals surface area contributed by atoms with E-state index in [0.717, 1.165) is 16.7 Å². The maximum atomic E-state index is 8.78. The third-order valence-electron chi connectivity index (χ3n) is 2.95. The number of aliphatic hydroxyl groups is 1. The van der Waals surface area contributed by atoms with Crippen LogP contribution in [-0.4, -0.2) is 11.7 Å². The first kappa shape index (κ1) is 15.4. The molecular formula is C18H17ClO2. The zero-order valence-corrected chi connectivity index (χ0v) is 12.7. The van der Waals surface area contributed by atoms with Crippen LogP contribution in [0.15, 0.2) is 42.5 Å². The van der Waals surface area contributed by atoms with Crippen molar-refractivity contribution in [1.82, 2.24) is 0 Å². The molecule has 1 N–H and O–H groups in total. The van der Waals surface area contributed by atoms with Crippen molar-refractivity contribution in [2.24, 2.45) is 0 Å². The van der Waals surface area contributed by atoms with Crippen LogP contribution in [0.2, 0.25) is 5.02 Å². The molecule has 108 valence electrons. The van der Waals surface area contributed by atoms with Gasteiger partial charge in [0.15, 0.2) is 0 Å². The Labute approximate surface area is 130 Å². The van der Waals surface area contributed by atoms with Crippen LogP contribution in [0.3, 0.4) is 0 Å². The van der Waals surface area contributed by atoms with Gasteiger partial charge in [-0.2, -0.15) is 0 Å². The van der Waals surface area contributed by atoms with E-state index in [-0.39, 0.29) is 6.61 Å². The van der Waals surface area contributed by atoms with Crippen molar-refractivity contribution in [3.8, 4) is 17.6 Å². The summed E-state index contributed by atoms with van der Waals surface area (Å²) in [6.45, 7) is 2.47. The second-order valence-corrected chi connectivity index (χ2v) is 5.06. The molecule has 0 atom stereocenters. The number of rotatable bonds is 4. The van der Waals surface area contributed by atoms with Crippen molar-refractivity contribution in [3.63, 3.8) is 0 Å². The Morgan fingerprint density at radius 1 is 1.19 bits per heavy atom. The highest BCUT2D eigenvalue weighted by Gasteiger charge is 2.04. The molecule has 0 aliphatic carbocycles. The van der Waals surface area contributed by atoms with Gasteiger partial charge in [0.25, 0.3) is 0 Å². The maximum absolute atomic E-state index is 8.78. The van der Waals surface area contributed by atoms with Crippen molar-refractivity contribution >= 4 is 11.6 Å². The zero-order valence-electron chi connectivity index (χ0n) is 11.9. The minimum absolute atomic E-state index is 0.0740. The molecule has 21 heavy (non-hydrogen) atoms. The van der Waals surface area contributed by atoms with Gasteiger partial charge in [0.05, 0.1) is 11.6 Å². The predicted octanol–water partition coefficient (Wildman–Crippen LogP) is 3.96. The molecule has 2 nitrogen and oxygen atoms in total. The predicted molar refractivity (Wildman–Crippen MR) is 85.5 cm³/mol. The van der Waals surface area contributed by atoms with Gasteiger partial charge in [-0.3, -0.25) is 0 Å². The summed E-state index contributed by atoms with van der Waals surface area (Å²) in [5.41, 5.74) is 3.01. The molecule has 0 bridgehead atoms. The second-order valence-electron chi connectivity index (χ2n) is 4.66. The Morgan fingerprint density at radius 2 is 2.00 bits per heavy atom. The van der Waals surface area contributed by atoms with Crippen LogP contribution in [0.4, 0.5) is 0 Å². The van der Waals surface area contributed by atoms with Crippen molar-refractivity contribution in [2.75, 3.05) is 6.61 Å². The average Bonchev–Trinajstić information content (AvgIpc) is 2.48. The molecule has 0 aliphatic rings. The number of aryl methyl sites for hydroxylation is 1. The SMILES string of the molecule is Cc1ccc(OCc2ccccc2C#CCCO)c(Cl)c1. The third-order valence-corrected chi connectivity index (χ3v) is 3.24. The molecule has 2 aromatic rings. The van der Waals surface area contributed by atoms with Gasteiger partial charge >= 0.3 is 0 Å². The molecule has 0 saturated heterocycles. The van der Waals surface area contributed by atoms with Crippen LogP contribution in [0.25, 0.3) is 0 Å². The molecule has 0 fully saturated rings. The first-order chi connectivity index (χ1) is 10.2. The van der Waals surface area contributed by atoms with E-state index in [9.17, 15) is 0 Å². The lowest BCUT2D eigenvalue weighted by atomic mass is 10.1. The van der Waals surface area contributed by atoms with Crippen LogP contribution in [0.5, 0.6) is 5.75 Å². The van der Waals surface area contributed by atoms with E-state index in [0.29, 0.717) is 23.8 Å². The van der Waals surface area contributed by atoms with E-state index in [1.54, 1.807) is 0 Å². The largest absolute Gasteiger partial charge is 0.487 e. The number of aliphatic hydroxyl groups excluding tert-OH is 1. The van der Waals surface area contributed by atoms with Gasteiger partial charge in [-0.1, -0.05) is 47.7 Å². The molecule has 0 unspecified atom stereocenters. The molecule has 0 saturated carbocycles. The van der Waals surface area contributed by atoms with Gasteiger partial charge in [-0.05, 0) is 30.7 Å². The van der Waals surface area contributed by atoms with E-state index in [1.165, 1.54) is 0 Å². The first-order valence-corrected chi connectivity index (χ1v) is 7.15. The van der Waals surface area contributed by atoms with Crippen molar-refractivity contribution in [1.29, 1.82) is 0 Å². The van der Waals surface area contributed by atoms with E-state index in [4.69, 9.17) is 21.4 Å². The fraction of sp³-hybridized carbons (Fsp3) is 0.222. The van der Waals surface area contributed by atoms with E-state index >= 15 is 0 Å². The molecule has 0 aromatic heterocycles. The summed E-state index contributed by atoms with van der Waals surface area (Å²) in [7, 11) is 0. The van der Waals surface area contributed by atoms with Gasteiger partial charge in [0, 0.05) is 17.5 Å². The molecule has 3 heteroatoms. The Bertz CT molecular complexity index is 668. The molecular weight excluding hydrogens is 284 g/mol. The van der Waals surface area contributed by atoms with E-state index in [2.05, 4.69) is 11.8 Å². The minimum atomic E-state index is 0.0740. The summed E-state index contributed by atoms with van der Waals surface area (Å²) in [4.78, 5) is 0. The van der Waals surface area contributed by atoms with Gasteiger partial charge in [-0.15, -0.1) is 0 Å². The minimum Gasteiger partial charge on any atom is -0.487 e. The summed E-state index contributed by atoms with van der Waals surface area (Å²) >= 11 is 6.16. The lowest BCUT2D eigenvalue weighted by Gasteiger charge is -2.10. The van der Waals surface area contributed by atoms with Gasteiger partial charge in [-0.25, -0.2) is 0 Å². The lowest BCUT2D eigenvalue weighted by molar-refractivity contribution is 0.305. The van der Waals surface area contributed by atoms with Crippen LogP contribution in [0.1, 0.15) is 23.1 Å². The van der Waals surface area contributed by atoms with E-state index in [1.807, 2.05) is 49.4 Å². The molecule has 0 radical (unpaired) electrons. The summed E-state index contributed by atoms with van der Waals surface area (Å²) in [6.07, 6.45) is 0.471. The zero-order chi connectivity index (χ0) is 15.1. The number of halogens is 1. The molecule has 0 spiro atoms. The highest BCUT2D eigenvalue weighted by atomic mass is 35.5. The van der Waals surface area contributed by atoms with Gasteiger partial charge in [0.2, 0.25) is 0 Å². The number of hydrogen-bond acceptors (Lipinski definition) is 2. The van der Waals surface area contributed by atoms with Crippen molar-refractivity contribution in [2.45, 2.75) is 20.0 Å². The Hall–Kier alpha value is -1.95. The van der Waals surface area contributed by atoms with Crippen molar-refractivity contribution in [3.05, 3.63) is 64.2 Å². The Morgan fingerprint density at radius 3 is 2.76 bits per heavy atom. The van der Waals surface area contributed by atoms with E-state index < -0.39 is 0 Å². The van der Waals surface area contributed by atoms with Crippen LogP contribution >= 0.6 is 11.6 Å². The fourth-order valence-corrected chi connectivity index (χ4v) is 2.15. The van der Waals surface area contributed by atoms with Crippen LogP contribution in [0, 0.1) is 18.8 Å². The monoisotopic (exact) mass is 300 g/mol.